The number of benzene rings is 2. The van der Waals surface area contributed by atoms with Crippen LogP contribution in [0.5, 0.6) is 5.75 Å². The van der Waals surface area contributed by atoms with E-state index in [1.165, 1.54) is 0 Å². The fourth-order valence-corrected chi connectivity index (χ4v) is 5.49. The van der Waals surface area contributed by atoms with Crippen LogP contribution in [0.4, 0.5) is 11.8 Å². The molecule has 0 radical (unpaired) electrons. The van der Waals surface area contributed by atoms with Gasteiger partial charge in [0.05, 0.1) is 19.2 Å². The van der Waals surface area contributed by atoms with Crippen LogP contribution in [0.1, 0.15) is 57.6 Å². The third-order valence-electron chi connectivity index (χ3n) is 7.56. The average Bonchev–Trinajstić information content (AvgIpc) is 3.24. The van der Waals surface area contributed by atoms with Crippen molar-refractivity contribution in [3.8, 4) is 5.75 Å². The molecule has 0 aliphatic heterocycles. The topological polar surface area (TPSA) is 130 Å². The number of aliphatic hydroxyl groups excluding tert-OH is 2. The lowest BCUT2D eigenvalue weighted by Gasteiger charge is -2.22. The standard InChI is InChI=1S/C31H44N6O3/c1-5-8-23(13-15-38)34-30-29-28(35-31(32)36-30)24-9-6-7-10-26(24)37(29)19-22-17-21(11-12-27(22)40-4)18-33-25(14-16-39)20(2)3/h6-7,9-12,17,20,23,25,33,38-39H,5,8,13-16,18-19H2,1-4H3,(H3,32,34,35,36)/t23-,25+/m0/s1. The van der Waals surface area contributed by atoms with Crippen molar-refractivity contribution in [2.24, 2.45) is 5.92 Å². The number of hydrogen-bond acceptors (Lipinski definition) is 8. The number of rotatable bonds is 15. The van der Waals surface area contributed by atoms with E-state index < -0.39 is 0 Å². The van der Waals surface area contributed by atoms with E-state index in [2.05, 4.69) is 70.2 Å². The molecule has 2 heterocycles. The molecule has 40 heavy (non-hydrogen) atoms. The zero-order valence-electron chi connectivity index (χ0n) is 24.2. The molecule has 4 rings (SSSR count). The monoisotopic (exact) mass is 548 g/mol. The van der Waals surface area contributed by atoms with Gasteiger partial charge in [-0.25, -0.2) is 4.98 Å². The Hall–Kier alpha value is -3.40. The number of ether oxygens (including phenoxy) is 1. The van der Waals surface area contributed by atoms with Crippen molar-refractivity contribution < 1.29 is 14.9 Å². The number of hydrogen-bond donors (Lipinski definition) is 5. The lowest BCUT2D eigenvalue weighted by molar-refractivity contribution is 0.244. The molecule has 2 atom stereocenters. The minimum absolute atomic E-state index is 0.0655. The summed E-state index contributed by atoms with van der Waals surface area (Å²) in [5.41, 5.74) is 11.1. The maximum Gasteiger partial charge on any atom is 0.222 e. The molecular weight excluding hydrogens is 504 g/mol. The molecule has 0 fully saturated rings. The summed E-state index contributed by atoms with van der Waals surface area (Å²) < 4.78 is 8.02. The van der Waals surface area contributed by atoms with Crippen LogP contribution in [-0.2, 0) is 13.1 Å². The molecule has 0 saturated carbocycles. The van der Waals surface area contributed by atoms with Gasteiger partial charge in [0.15, 0.2) is 5.82 Å². The zero-order chi connectivity index (χ0) is 28.6. The first-order valence-corrected chi connectivity index (χ1v) is 14.3. The first-order valence-electron chi connectivity index (χ1n) is 14.3. The van der Waals surface area contributed by atoms with Crippen molar-refractivity contribution in [2.45, 2.75) is 71.6 Å². The molecule has 0 unspecified atom stereocenters. The van der Waals surface area contributed by atoms with Crippen LogP contribution in [0.2, 0.25) is 0 Å². The lowest BCUT2D eigenvalue weighted by atomic mass is 10.0. The van der Waals surface area contributed by atoms with Gasteiger partial charge in [-0.2, -0.15) is 4.98 Å². The Labute approximate surface area is 236 Å². The molecule has 216 valence electrons. The molecule has 4 aromatic rings. The number of nitrogens with one attached hydrogen (secondary N) is 2. The molecule has 0 spiro atoms. The van der Waals surface area contributed by atoms with Crippen LogP contribution in [0, 0.1) is 5.92 Å². The molecule has 0 saturated heterocycles. The van der Waals surface area contributed by atoms with Crippen LogP contribution >= 0.6 is 0 Å². The fourth-order valence-electron chi connectivity index (χ4n) is 5.49. The highest BCUT2D eigenvalue weighted by Crippen LogP contribution is 2.34. The van der Waals surface area contributed by atoms with Gasteiger partial charge in [-0.15, -0.1) is 0 Å². The minimum atomic E-state index is 0.0655. The van der Waals surface area contributed by atoms with Gasteiger partial charge in [0.1, 0.15) is 16.8 Å². The maximum atomic E-state index is 9.66. The zero-order valence-corrected chi connectivity index (χ0v) is 24.2. The van der Waals surface area contributed by atoms with Crippen molar-refractivity contribution in [2.75, 3.05) is 31.4 Å². The van der Waals surface area contributed by atoms with Gasteiger partial charge in [0.2, 0.25) is 5.95 Å². The summed E-state index contributed by atoms with van der Waals surface area (Å²) in [6.45, 7) is 7.97. The molecule has 0 aliphatic rings. The molecule has 9 nitrogen and oxygen atoms in total. The number of nitrogens with two attached hydrogens (primary N) is 1. The van der Waals surface area contributed by atoms with Crippen molar-refractivity contribution in [3.63, 3.8) is 0 Å². The van der Waals surface area contributed by atoms with Gasteiger partial charge in [-0.05, 0) is 48.9 Å². The Morgan fingerprint density at radius 1 is 1.02 bits per heavy atom. The second-order valence-electron chi connectivity index (χ2n) is 10.8. The van der Waals surface area contributed by atoms with Gasteiger partial charge < -0.3 is 35.9 Å². The highest BCUT2D eigenvalue weighted by Gasteiger charge is 2.21. The first-order chi connectivity index (χ1) is 19.4. The number of para-hydroxylation sites is 1. The molecule has 9 heteroatoms. The lowest BCUT2D eigenvalue weighted by Crippen LogP contribution is -2.34. The number of nitrogens with zero attached hydrogens (tertiary/aromatic N) is 3. The van der Waals surface area contributed by atoms with Crippen LogP contribution < -0.4 is 21.1 Å². The summed E-state index contributed by atoms with van der Waals surface area (Å²) >= 11 is 0. The Balaban J connectivity index is 1.79. The Kier molecular flexibility index (Phi) is 10.2. The number of methoxy groups -OCH3 is 1. The summed E-state index contributed by atoms with van der Waals surface area (Å²) in [4.78, 5) is 9.30. The van der Waals surface area contributed by atoms with Crippen molar-refractivity contribution in [1.29, 1.82) is 0 Å². The highest BCUT2D eigenvalue weighted by atomic mass is 16.5. The second-order valence-corrected chi connectivity index (χ2v) is 10.8. The van der Waals surface area contributed by atoms with Crippen LogP contribution in [0.25, 0.3) is 21.9 Å². The second kappa shape index (κ2) is 13.8. The van der Waals surface area contributed by atoms with E-state index in [0.717, 1.165) is 58.1 Å². The van der Waals surface area contributed by atoms with E-state index in [-0.39, 0.29) is 31.2 Å². The molecule has 2 aromatic carbocycles. The first kappa shape index (κ1) is 29.6. The number of nitrogen functional groups attached to an aromatic ring is 1. The van der Waals surface area contributed by atoms with E-state index in [9.17, 15) is 10.2 Å². The molecule has 0 bridgehead atoms. The van der Waals surface area contributed by atoms with E-state index >= 15 is 0 Å². The number of aromatic nitrogens is 3. The summed E-state index contributed by atoms with van der Waals surface area (Å²) in [5.74, 6) is 2.11. The SMILES string of the molecule is CCC[C@@H](CCO)Nc1nc(N)nc2c3ccccc3n(Cc3cc(CN[C@H](CCO)C(C)C)ccc3OC)c12. The molecular formula is C31H44N6O3. The summed E-state index contributed by atoms with van der Waals surface area (Å²) in [6.07, 6.45) is 3.23. The van der Waals surface area contributed by atoms with E-state index in [1.54, 1.807) is 7.11 Å². The van der Waals surface area contributed by atoms with Crippen molar-refractivity contribution in [3.05, 3.63) is 53.6 Å². The largest absolute Gasteiger partial charge is 0.496 e. The molecule has 0 aliphatic carbocycles. The van der Waals surface area contributed by atoms with Gasteiger partial charge >= 0.3 is 0 Å². The molecule has 6 N–H and O–H groups in total. The maximum absolute atomic E-state index is 9.66. The predicted octanol–water partition coefficient (Wildman–Crippen LogP) is 4.68. The van der Waals surface area contributed by atoms with Gasteiger partial charge in [0, 0.05) is 42.8 Å². The quantitative estimate of drug-likeness (QED) is 0.145. The number of aliphatic hydroxyl groups is 2. The van der Waals surface area contributed by atoms with E-state index in [0.29, 0.717) is 31.2 Å². The van der Waals surface area contributed by atoms with Gasteiger partial charge in [0.25, 0.3) is 0 Å². The smallest absolute Gasteiger partial charge is 0.222 e. The summed E-state index contributed by atoms with van der Waals surface area (Å²) in [5, 5.41) is 27.3. The third-order valence-corrected chi connectivity index (χ3v) is 7.56. The Morgan fingerprint density at radius 3 is 2.50 bits per heavy atom. The van der Waals surface area contributed by atoms with E-state index in [1.807, 2.05) is 18.2 Å². The summed E-state index contributed by atoms with van der Waals surface area (Å²) in [7, 11) is 1.69. The molecule has 0 amide bonds. The average molecular weight is 549 g/mol. The normalized spacial score (nSPS) is 13.3. The minimum Gasteiger partial charge on any atom is -0.496 e. The Bertz CT molecular complexity index is 1400. The third kappa shape index (κ3) is 6.66. The van der Waals surface area contributed by atoms with Crippen molar-refractivity contribution in [1.82, 2.24) is 19.9 Å². The van der Waals surface area contributed by atoms with Crippen LogP contribution in [0.3, 0.4) is 0 Å². The number of anilines is 2. The van der Waals surface area contributed by atoms with Crippen molar-refractivity contribution >= 4 is 33.7 Å². The fraction of sp³-hybridized carbons (Fsp3) is 0.484. The number of fused-ring (bicyclic) bond motifs is 3. The van der Waals surface area contributed by atoms with Crippen LogP contribution in [0.15, 0.2) is 42.5 Å². The highest BCUT2D eigenvalue weighted by molar-refractivity contribution is 6.09. The summed E-state index contributed by atoms with van der Waals surface area (Å²) in [6, 6.07) is 14.8. The van der Waals surface area contributed by atoms with Crippen LogP contribution in [-0.4, -0.2) is 57.2 Å². The predicted molar refractivity (Wildman–Crippen MR) is 163 cm³/mol. The van der Waals surface area contributed by atoms with E-state index in [4.69, 9.17) is 10.5 Å². The molecule has 2 aromatic heterocycles. The van der Waals surface area contributed by atoms with Gasteiger partial charge in [-0.3, -0.25) is 0 Å². The Morgan fingerprint density at radius 2 is 1.80 bits per heavy atom. The van der Waals surface area contributed by atoms with Gasteiger partial charge in [-0.1, -0.05) is 51.5 Å².